The van der Waals surface area contributed by atoms with E-state index in [1.54, 1.807) is 30.3 Å². The Balaban J connectivity index is 2.73. The predicted molar refractivity (Wildman–Crippen MR) is 62.8 cm³/mol. The maximum Gasteiger partial charge on any atom is 0.368 e. The normalized spacial score (nSPS) is 15.1. The zero-order chi connectivity index (χ0) is 13.8. The summed E-state index contributed by atoms with van der Waals surface area (Å²) in [5.41, 5.74) is 0.676. The molecule has 0 spiro atoms. The summed E-state index contributed by atoms with van der Waals surface area (Å²) in [7, 11) is -4.77. The molecule has 0 saturated carbocycles. The van der Waals surface area contributed by atoms with Crippen molar-refractivity contribution in [3.05, 3.63) is 35.9 Å². The van der Waals surface area contributed by atoms with Gasteiger partial charge in [0, 0.05) is 0 Å². The van der Waals surface area contributed by atoms with Crippen LogP contribution in [-0.4, -0.2) is 38.0 Å². The third kappa shape index (κ3) is 4.56. The van der Waals surface area contributed by atoms with Crippen molar-refractivity contribution in [1.82, 2.24) is 5.32 Å². The summed E-state index contributed by atoms with van der Waals surface area (Å²) >= 11 is 0. The first-order valence-electron chi connectivity index (χ1n) is 5.07. The summed E-state index contributed by atoms with van der Waals surface area (Å²) in [5, 5.41) is 20.1. The molecule has 18 heavy (non-hydrogen) atoms. The molecule has 1 rings (SSSR count). The molecule has 0 aliphatic heterocycles. The predicted octanol–water partition coefficient (Wildman–Crippen LogP) is -0.275. The van der Waals surface area contributed by atoms with E-state index in [9.17, 15) is 9.36 Å². The zero-order valence-electron chi connectivity index (χ0n) is 9.30. The van der Waals surface area contributed by atoms with Gasteiger partial charge >= 0.3 is 13.6 Å². The molecule has 1 aromatic rings. The van der Waals surface area contributed by atoms with E-state index in [2.05, 4.69) is 0 Å². The minimum atomic E-state index is -4.77. The minimum absolute atomic E-state index is 0.00718. The summed E-state index contributed by atoms with van der Waals surface area (Å²) in [6.07, 6.45) is 0.00718. The second-order valence-electron chi connectivity index (χ2n) is 3.71. The number of aliphatic hydroxyl groups is 1. The second-order valence-corrected chi connectivity index (χ2v) is 5.38. The molecule has 2 unspecified atom stereocenters. The molecule has 8 heteroatoms. The lowest BCUT2D eigenvalue weighted by Gasteiger charge is -2.19. The molecule has 7 nitrogen and oxygen atoms in total. The van der Waals surface area contributed by atoms with Crippen molar-refractivity contribution < 1.29 is 29.4 Å². The largest absolute Gasteiger partial charge is 0.480 e. The van der Waals surface area contributed by atoms with E-state index in [4.69, 9.17) is 20.0 Å². The Bertz CT molecular complexity index is 445. The lowest BCUT2D eigenvalue weighted by Crippen LogP contribution is -2.44. The first-order valence-corrected chi connectivity index (χ1v) is 6.75. The molecule has 2 atom stereocenters. The monoisotopic (exact) mass is 275 g/mol. The van der Waals surface area contributed by atoms with Gasteiger partial charge in [-0.25, -0.2) is 0 Å². The maximum absolute atomic E-state index is 10.9. The van der Waals surface area contributed by atoms with Crippen molar-refractivity contribution in [1.29, 1.82) is 0 Å². The SMILES string of the molecule is O=C(O)C(Cc1ccccc1)NC(O)P(=O)(O)O. The van der Waals surface area contributed by atoms with Gasteiger partial charge in [-0.05, 0) is 12.0 Å². The van der Waals surface area contributed by atoms with Crippen molar-refractivity contribution in [3.8, 4) is 0 Å². The molecule has 100 valence electrons. The first-order chi connectivity index (χ1) is 8.30. The summed E-state index contributed by atoms with van der Waals surface area (Å²) in [5.74, 6) is -3.49. The lowest BCUT2D eigenvalue weighted by atomic mass is 10.1. The highest BCUT2D eigenvalue weighted by Gasteiger charge is 2.31. The number of aliphatic hydroxyl groups excluding tert-OH is 1. The Morgan fingerprint density at radius 3 is 2.28 bits per heavy atom. The lowest BCUT2D eigenvalue weighted by molar-refractivity contribution is -0.140. The van der Waals surface area contributed by atoms with Crippen LogP contribution in [0.5, 0.6) is 0 Å². The van der Waals surface area contributed by atoms with E-state index in [0.29, 0.717) is 5.56 Å². The van der Waals surface area contributed by atoms with E-state index < -0.39 is 25.6 Å². The van der Waals surface area contributed by atoms with Crippen LogP contribution >= 0.6 is 7.60 Å². The number of hydrogen-bond acceptors (Lipinski definition) is 4. The number of benzene rings is 1. The van der Waals surface area contributed by atoms with Gasteiger partial charge in [-0.1, -0.05) is 30.3 Å². The molecule has 0 radical (unpaired) electrons. The Hall–Kier alpha value is -1.24. The number of carbonyl (C=O) groups is 1. The van der Waals surface area contributed by atoms with Crippen molar-refractivity contribution in [2.75, 3.05) is 0 Å². The molecular weight excluding hydrogens is 261 g/mol. The van der Waals surface area contributed by atoms with E-state index in [1.807, 2.05) is 5.32 Å². The number of nitrogens with one attached hydrogen (secondary N) is 1. The van der Waals surface area contributed by atoms with Crippen LogP contribution in [0.4, 0.5) is 0 Å². The fourth-order valence-electron chi connectivity index (χ4n) is 1.34. The van der Waals surface area contributed by atoms with Crippen LogP contribution in [0.25, 0.3) is 0 Å². The maximum atomic E-state index is 10.9. The van der Waals surface area contributed by atoms with Crippen LogP contribution in [0.3, 0.4) is 0 Å². The van der Waals surface area contributed by atoms with Crippen LogP contribution < -0.4 is 5.32 Å². The van der Waals surface area contributed by atoms with Gasteiger partial charge in [-0.3, -0.25) is 14.7 Å². The van der Waals surface area contributed by atoms with Crippen LogP contribution in [0.2, 0.25) is 0 Å². The van der Waals surface area contributed by atoms with Gasteiger partial charge in [0.05, 0.1) is 0 Å². The molecule has 0 bridgehead atoms. The smallest absolute Gasteiger partial charge is 0.368 e. The molecule has 0 aromatic heterocycles. The topological polar surface area (TPSA) is 127 Å². The third-order valence-corrected chi connectivity index (χ3v) is 3.04. The molecule has 1 aromatic carbocycles. The van der Waals surface area contributed by atoms with E-state index in [1.165, 1.54) is 0 Å². The molecule has 0 aliphatic rings. The summed E-state index contributed by atoms with van der Waals surface area (Å²) in [6, 6.07) is 7.27. The minimum Gasteiger partial charge on any atom is -0.480 e. The fraction of sp³-hybridized carbons (Fsp3) is 0.300. The van der Waals surface area contributed by atoms with E-state index in [0.717, 1.165) is 0 Å². The van der Waals surface area contributed by atoms with Crippen molar-refractivity contribution in [2.24, 2.45) is 0 Å². The molecule has 5 N–H and O–H groups in total. The highest BCUT2D eigenvalue weighted by atomic mass is 31.2. The number of aliphatic carboxylic acids is 1. The molecule has 0 heterocycles. The van der Waals surface area contributed by atoms with Gasteiger partial charge in [0.1, 0.15) is 6.04 Å². The van der Waals surface area contributed by atoms with Crippen LogP contribution in [0, 0.1) is 0 Å². The number of hydrogen-bond donors (Lipinski definition) is 5. The molecule has 0 aliphatic carbocycles. The molecule has 0 amide bonds. The number of carboxylic acid groups (broad SMARTS) is 1. The Morgan fingerprint density at radius 2 is 1.83 bits per heavy atom. The van der Waals surface area contributed by atoms with E-state index in [-0.39, 0.29) is 6.42 Å². The summed E-state index contributed by atoms with van der Waals surface area (Å²) < 4.78 is 10.7. The Labute approximate surface area is 103 Å². The molecule has 0 saturated heterocycles. The third-order valence-electron chi connectivity index (χ3n) is 2.25. The average molecular weight is 275 g/mol. The van der Waals surface area contributed by atoms with Gasteiger partial charge in [0.2, 0.25) is 5.97 Å². The fourth-order valence-corrected chi connectivity index (χ4v) is 1.72. The highest BCUT2D eigenvalue weighted by Crippen LogP contribution is 2.38. The van der Waals surface area contributed by atoms with E-state index >= 15 is 0 Å². The zero-order valence-corrected chi connectivity index (χ0v) is 10.2. The highest BCUT2D eigenvalue weighted by molar-refractivity contribution is 7.52. The summed E-state index contributed by atoms with van der Waals surface area (Å²) in [4.78, 5) is 28.3. The second kappa shape index (κ2) is 6.08. The van der Waals surface area contributed by atoms with Crippen LogP contribution in [0.1, 0.15) is 5.56 Å². The number of carboxylic acids is 1. The average Bonchev–Trinajstić information content (AvgIpc) is 2.28. The Morgan fingerprint density at radius 1 is 1.28 bits per heavy atom. The van der Waals surface area contributed by atoms with Crippen LogP contribution in [-0.2, 0) is 15.8 Å². The van der Waals surface area contributed by atoms with Crippen LogP contribution in [0.15, 0.2) is 30.3 Å². The first kappa shape index (κ1) is 14.8. The Kier molecular flexibility index (Phi) is 5.01. The summed E-state index contributed by atoms with van der Waals surface area (Å²) in [6.45, 7) is 0. The van der Waals surface area contributed by atoms with Gasteiger partial charge in [-0.15, -0.1) is 0 Å². The van der Waals surface area contributed by atoms with Crippen molar-refractivity contribution in [2.45, 2.75) is 18.4 Å². The van der Waals surface area contributed by atoms with Gasteiger partial charge in [0.15, 0.2) is 0 Å². The number of rotatable bonds is 6. The van der Waals surface area contributed by atoms with Crippen molar-refractivity contribution in [3.63, 3.8) is 0 Å². The van der Waals surface area contributed by atoms with Gasteiger partial charge in [0.25, 0.3) is 0 Å². The molecule has 0 fully saturated rings. The molecular formula is C10H14NO6P. The van der Waals surface area contributed by atoms with Gasteiger partial charge in [-0.2, -0.15) is 0 Å². The standard InChI is InChI=1S/C10H14NO6P/c12-9(13)8(11-10(14)18(15,16)17)6-7-4-2-1-3-5-7/h1-5,8,10-11,14H,6H2,(H,12,13)(H2,15,16,17). The quantitative estimate of drug-likeness (QED) is 0.357. The van der Waals surface area contributed by atoms with Crippen molar-refractivity contribution >= 4 is 13.6 Å². The van der Waals surface area contributed by atoms with Gasteiger partial charge < -0.3 is 20.0 Å².